The van der Waals surface area contributed by atoms with E-state index in [1.54, 1.807) is 7.11 Å². The summed E-state index contributed by atoms with van der Waals surface area (Å²) in [5, 5.41) is 9.26. The number of nitrogens with one attached hydrogen (secondary N) is 3. The Kier molecular flexibility index (Phi) is 5.51. The van der Waals surface area contributed by atoms with Gasteiger partial charge in [0, 0.05) is 30.1 Å². The van der Waals surface area contributed by atoms with Gasteiger partial charge in [-0.15, -0.1) is 0 Å². The number of anilines is 5. The van der Waals surface area contributed by atoms with Gasteiger partial charge in [-0.05, 0) is 49.4 Å². The maximum absolute atomic E-state index is 11.2. The van der Waals surface area contributed by atoms with Crippen molar-refractivity contribution in [3.05, 3.63) is 60.4 Å². The molecule has 27 heavy (non-hydrogen) atoms. The molecule has 0 unspecified atom stereocenters. The van der Waals surface area contributed by atoms with Crippen molar-refractivity contribution in [3.8, 4) is 5.75 Å². The SMILES string of the molecule is COc1ccc(Nc2cc(Nc3cccc(NC(C)=O)c3)nc(C)n2)cc1. The normalized spacial score (nSPS) is 10.2. The van der Waals surface area contributed by atoms with Gasteiger partial charge in [-0.2, -0.15) is 0 Å². The third kappa shape index (κ3) is 5.18. The summed E-state index contributed by atoms with van der Waals surface area (Å²) in [5.74, 6) is 2.64. The van der Waals surface area contributed by atoms with E-state index in [0.717, 1.165) is 22.8 Å². The van der Waals surface area contributed by atoms with Gasteiger partial charge in [0.1, 0.15) is 23.2 Å². The molecule has 0 bridgehead atoms. The molecule has 7 nitrogen and oxygen atoms in total. The zero-order chi connectivity index (χ0) is 19.2. The molecule has 0 fully saturated rings. The van der Waals surface area contributed by atoms with Crippen LogP contribution in [0.15, 0.2) is 54.6 Å². The Morgan fingerprint density at radius 2 is 1.52 bits per heavy atom. The third-order valence-corrected chi connectivity index (χ3v) is 3.66. The van der Waals surface area contributed by atoms with E-state index in [-0.39, 0.29) is 5.91 Å². The number of aryl methyl sites for hydroxylation is 1. The smallest absolute Gasteiger partial charge is 0.221 e. The summed E-state index contributed by atoms with van der Waals surface area (Å²) in [7, 11) is 1.63. The summed E-state index contributed by atoms with van der Waals surface area (Å²) in [5.41, 5.74) is 2.43. The van der Waals surface area contributed by atoms with Crippen molar-refractivity contribution in [2.24, 2.45) is 0 Å². The quantitative estimate of drug-likeness (QED) is 0.607. The highest BCUT2D eigenvalue weighted by Gasteiger charge is 2.05. The number of benzene rings is 2. The fourth-order valence-electron chi connectivity index (χ4n) is 2.54. The van der Waals surface area contributed by atoms with E-state index >= 15 is 0 Å². The molecule has 2 aromatic carbocycles. The van der Waals surface area contributed by atoms with Crippen LogP contribution in [-0.2, 0) is 4.79 Å². The van der Waals surface area contributed by atoms with E-state index < -0.39 is 0 Å². The van der Waals surface area contributed by atoms with E-state index in [1.165, 1.54) is 6.92 Å². The van der Waals surface area contributed by atoms with Crippen LogP contribution in [-0.4, -0.2) is 23.0 Å². The Balaban J connectivity index is 1.77. The fraction of sp³-hybridized carbons (Fsp3) is 0.150. The molecule has 3 N–H and O–H groups in total. The predicted octanol–water partition coefficient (Wildman–Crippen LogP) is 4.24. The van der Waals surface area contributed by atoms with Gasteiger partial charge < -0.3 is 20.7 Å². The number of aromatic nitrogens is 2. The number of hydrogen-bond donors (Lipinski definition) is 3. The highest BCUT2D eigenvalue weighted by molar-refractivity contribution is 5.89. The second-order valence-corrected chi connectivity index (χ2v) is 5.93. The molecule has 0 saturated carbocycles. The lowest BCUT2D eigenvalue weighted by Gasteiger charge is -2.11. The molecule has 0 saturated heterocycles. The van der Waals surface area contributed by atoms with Crippen molar-refractivity contribution in [3.63, 3.8) is 0 Å². The maximum atomic E-state index is 11.2. The fourth-order valence-corrected chi connectivity index (χ4v) is 2.54. The minimum Gasteiger partial charge on any atom is -0.497 e. The minimum atomic E-state index is -0.115. The average molecular weight is 363 g/mol. The van der Waals surface area contributed by atoms with Gasteiger partial charge in [0.15, 0.2) is 0 Å². The van der Waals surface area contributed by atoms with Gasteiger partial charge in [-0.3, -0.25) is 4.79 Å². The Morgan fingerprint density at radius 3 is 2.15 bits per heavy atom. The molecule has 0 radical (unpaired) electrons. The topological polar surface area (TPSA) is 88.2 Å². The van der Waals surface area contributed by atoms with Gasteiger partial charge in [0.2, 0.25) is 5.91 Å². The zero-order valence-electron chi connectivity index (χ0n) is 15.4. The predicted molar refractivity (Wildman–Crippen MR) is 107 cm³/mol. The summed E-state index contributed by atoms with van der Waals surface area (Å²) in [6.07, 6.45) is 0. The van der Waals surface area contributed by atoms with Crippen molar-refractivity contribution < 1.29 is 9.53 Å². The van der Waals surface area contributed by atoms with Crippen LogP contribution in [0.5, 0.6) is 5.75 Å². The number of nitrogens with zero attached hydrogens (tertiary/aromatic N) is 2. The molecule has 7 heteroatoms. The van der Waals surface area contributed by atoms with Gasteiger partial charge in [0.05, 0.1) is 7.11 Å². The molecule has 0 aliphatic carbocycles. The summed E-state index contributed by atoms with van der Waals surface area (Å²) < 4.78 is 5.17. The first-order valence-corrected chi connectivity index (χ1v) is 8.43. The van der Waals surface area contributed by atoms with Crippen LogP contribution < -0.4 is 20.7 Å². The minimum absolute atomic E-state index is 0.115. The van der Waals surface area contributed by atoms with Crippen LogP contribution in [0.25, 0.3) is 0 Å². The summed E-state index contributed by atoms with van der Waals surface area (Å²) >= 11 is 0. The van der Waals surface area contributed by atoms with Crippen molar-refractivity contribution in [1.82, 2.24) is 9.97 Å². The molecule has 3 aromatic rings. The molecule has 1 amide bonds. The first kappa shape index (κ1) is 18.2. The zero-order valence-corrected chi connectivity index (χ0v) is 15.4. The van der Waals surface area contributed by atoms with E-state index in [9.17, 15) is 4.79 Å². The summed E-state index contributed by atoms with van der Waals surface area (Å²) in [4.78, 5) is 20.1. The van der Waals surface area contributed by atoms with Crippen LogP contribution in [0.3, 0.4) is 0 Å². The highest BCUT2D eigenvalue weighted by Crippen LogP contribution is 2.23. The number of amides is 1. The second kappa shape index (κ2) is 8.18. The number of carbonyl (C=O) groups is 1. The molecule has 0 spiro atoms. The van der Waals surface area contributed by atoms with Crippen LogP contribution in [0.2, 0.25) is 0 Å². The Morgan fingerprint density at radius 1 is 0.889 bits per heavy atom. The average Bonchev–Trinajstić information content (AvgIpc) is 2.61. The lowest BCUT2D eigenvalue weighted by molar-refractivity contribution is -0.114. The Labute approximate surface area is 157 Å². The van der Waals surface area contributed by atoms with Gasteiger partial charge in [-0.1, -0.05) is 6.07 Å². The van der Waals surface area contributed by atoms with Gasteiger partial charge >= 0.3 is 0 Å². The molecule has 0 atom stereocenters. The molecule has 3 rings (SSSR count). The molecule has 138 valence electrons. The van der Waals surface area contributed by atoms with Gasteiger partial charge in [-0.25, -0.2) is 9.97 Å². The van der Waals surface area contributed by atoms with E-state index in [0.29, 0.717) is 17.5 Å². The van der Waals surface area contributed by atoms with Crippen molar-refractivity contribution >= 4 is 34.6 Å². The van der Waals surface area contributed by atoms with Crippen LogP contribution in [0, 0.1) is 6.92 Å². The first-order chi connectivity index (χ1) is 13.0. The Bertz CT molecular complexity index is 941. The number of ether oxygens (including phenoxy) is 1. The lowest BCUT2D eigenvalue weighted by atomic mass is 10.2. The van der Waals surface area contributed by atoms with Crippen molar-refractivity contribution in [2.45, 2.75) is 13.8 Å². The number of methoxy groups -OCH3 is 1. The summed E-state index contributed by atoms with van der Waals surface area (Å²) in [6, 6.07) is 16.8. The summed E-state index contributed by atoms with van der Waals surface area (Å²) in [6.45, 7) is 3.31. The number of rotatable bonds is 6. The van der Waals surface area contributed by atoms with Crippen LogP contribution in [0.4, 0.5) is 28.7 Å². The van der Waals surface area contributed by atoms with E-state index in [2.05, 4.69) is 25.9 Å². The second-order valence-electron chi connectivity index (χ2n) is 5.93. The molecule has 1 aromatic heterocycles. The van der Waals surface area contributed by atoms with Gasteiger partial charge in [0.25, 0.3) is 0 Å². The highest BCUT2D eigenvalue weighted by atomic mass is 16.5. The van der Waals surface area contributed by atoms with E-state index in [4.69, 9.17) is 4.74 Å². The largest absolute Gasteiger partial charge is 0.497 e. The maximum Gasteiger partial charge on any atom is 0.221 e. The van der Waals surface area contributed by atoms with Crippen LogP contribution in [0.1, 0.15) is 12.7 Å². The Hall–Kier alpha value is -3.61. The molecule has 0 aliphatic heterocycles. The van der Waals surface area contributed by atoms with E-state index in [1.807, 2.05) is 61.5 Å². The number of carbonyl (C=O) groups excluding carboxylic acids is 1. The first-order valence-electron chi connectivity index (χ1n) is 8.43. The monoisotopic (exact) mass is 363 g/mol. The third-order valence-electron chi connectivity index (χ3n) is 3.66. The number of hydrogen-bond acceptors (Lipinski definition) is 6. The van der Waals surface area contributed by atoms with Crippen molar-refractivity contribution in [2.75, 3.05) is 23.1 Å². The standard InChI is InChI=1S/C20H21N5O2/c1-13-21-19(24-15-7-9-18(27-3)10-8-15)12-20(22-13)25-17-6-4-5-16(11-17)23-14(2)26/h4-12H,1-3H3,(H,23,26)(H2,21,22,24,25). The molecule has 0 aliphatic rings. The molecule has 1 heterocycles. The van der Waals surface area contributed by atoms with Crippen LogP contribution >= 0.6 is 0 Å². The lowest BCUT2D eigenvalue weighted by Crippen LogP contribution is -2.06. The molecular weight excluding hydrogens is 342 g/mol. The molecular formula is C20H21N5O2. The van der Waals surface area contributed by atoms with Crippen molar-refractivity contribution in [1.29, 1.82) is 0 Å².